The number of rotatable bonds is 14. The molecule has 3 aromatic carbocycles. The molecule has 0 spiro atoms. The zero-order chi connectivity index (χ0) is 28.9. The topological polar surface area (TPSA) is 175 Å². The van der Waals surface area contributed by atoms with Gasteiger partial charge in [0.25, 0.3) is 0 Å². The van der Waals surface area contributed by atoms with E-state index < -0.39 is 28.9 Å². The summed E-state index contributed by atoms with van der Waals surface area (Å²) in [4.78, 5) is 37.6. The Balaban J connectivity index is 1.76. The van der Waals surface area contributed by atoms with E-state index in [1.807, 2.05) is 84.9 Å². The minimum atomic E-state index is -0.965. The van der Waals surface area contributed by atoms with Crippen molar-refractivity contribution in [3.8, 4) is 5.75 Å². The van der Waals surface area contributed by atoms with Crippen molar-refractivity contribution in [2.45, 2.75) is 37.3 Å². The van der Waals surface area contributed by atoms with E-state index in [1.165, 1.54) is 0 Å². The number of methoxy groups -OCH3 is 1. The van der Waals surface area contributed by atoms with Crippen LogP contribution in [0.4, 0.5) is 0 Å². The molecule has 0 aromatic heterocycles. The second kappa shape index (κ2) is 15.0. The van der Waals surface area contributed by atoms with Crippen molar-refractivity contribution in [3.63, 3.8) is 0 Å². The van der Waals surface area contributed by atoms with Crippen LogP contribution < -0.4 is 26.8 Å². The van der Waals surface area contributed by atoms with Gasteiger partial charge in [0, 0.05) is 6.54 Å². The van der Waals surface area contributed by atoms with Crippen molar-refractivity contribution in [3.05, 3.63) is 112 Å². The van der Waals surface area contributed by atoms with Gasteiger partial charge in [0.15, 0.2) is 10.9 Å². The molecular formula is C29H34N6O5. The zero-order valence-corrected chi connectivity index (χ0v) is 22.2. The Morgan fingerprint density at radius 1 is 0.925 bits per heavy atom. The number of nitrogens with zero attached hydrogens (tertiary/aromatic N) is 2. The van der Waals surface area contributed by atoms with Crippen molar-refractivity contribution in [2.24, 2.45) is 16.6 Å². The number of benzene rings is 3. The van der Waals surface area contributed by atoms with Crippen LogP contribution in [0.25, 0.3) is 0 Å². The molecule has 0 radical (unpaired) electrons. The summed E-state index contributed by atoms with van der Waals surface area (Å²) >= 11 is 0. The summed E-state index contributed by atoms with van der Waals surface area (Å²) in [5.41, 5.74) is 14.1. The lowest BCUT2D eigenvalue weighted by Gasteiger charge is -2.24. The van der Waals surface area contributed by atoms with Crippen LogP contribution in [-0.4, -0.2) is 48.4 Å². The number of hydrogen-bond donors (Lipinski definition) is 4. The predicted octanol–water partition coefficient (Wildman–Crippen LogP) is 2.33. The molecule has 0 fully saturated rings. The molecule has 3 rings (SSSR count). The Hall–Kier alpha value is -4.77. The van der Waals surface area contributed by atoms with E-state index in [0.29, 0.717) is 13.0 Å². The largest absolute Gasteiger partial charge is 0.497 e. The number of carbonyl (C=O) groups is 2. The molecule has 40 heavy (non-hydrogen) atoms. The lowest BCUT2D eigenvalue weighted by atomic mass is 9.90. The summed E-state index contributed by atoms with van der Waals surface area (Å²) in [5, 5.41) is 18.6. The smallest absolute Gasteiger partial charge is 0.242 e. The molecule has 2 amide bonds. The van der Waals surface area contributed by atoms with E-state index in [4.69, 9.17) is 16.2 Å². The van der Waals surface area contributed by atoms with Gasteiger partial charge in [-0.25, -0.2) is 10.1 Å². The normalized spacial score (nSPS) is 12.8. The second-order valence-corrected chi connectivity index (χ2v) is 9.15. The number of amides is 2. The third kappa shape index (κ3) is 8.91. The van der Waals surface area contributed by atoms with Crippen molar-refractivity contribution in [2.75, 3.05) is 13.7 Å². The van der Waals surface area contributed by atoms with Crippen molar-refractivity contribution < 1.29 is 19.4 Å². The molecule has 2 atom stereocenters. The second-order valence-electron chi connectivity index (χ2n) is 9.15. The molecule has 0 heterocycles. The Morgan fingerprint density at radius 2 is 1.50 bits per heavy atom. The predicted molar refractivity (Wildman–Crippen MR) is 152 cm³/mol. The number of hydrazone groups is 1. The maximum absolute atomic E-state index is 13.7. The summed E-state index contributed by atoms with van der Waals surface area (Å²) < 4.78 is 5.17. The maximum atomic E-state index is 13.7. The Bertz CT molecular complexity index is 1250. The van der Waals surface area contributed by atoms with Crippen LogP contribution >= 0.6 is 0 Å². The Kier molecular flexibility index (Phi) is 11.2. The lowest BCUT2D eigenvalue weighted by molar-refractivity contribution is -0.485. The molecule has 0 aliphatic rings. The van der Waals surface area contributed by atoms with E-state index in [9.17, 15) is 19.7 Å². The fourth-order valence-electron chi connectivity index (χ4n) is 4.22. The van der Waals surface area contributed by atoms with Crippen molar-refractivity contribution in [1.82, 2.24) is 10.6 Å². The molecular weight excluding hydrogens is 512 g/mol. The van der Waals surface area contributed by atoms with Crippen LogP contribution in [0, 0.1) is 10.1 Å². The van der Waals surface area contributed by atoms with Gasteiger partial charge in [0.2, 0.25) is 11.8 Å². The molecule has 3 aromatic rings. The first kappa shape index (κ1) is 29.8. The van der Waals surface area contributed by atoms with Gasteiger partial charge >= 0.3 is 0 Å². The molecule has 1 unspecified atom stereocenters. The van der Waals surface area contributed by atoms with Crippen molar-refractivity contribution >= 4 is 17.6 Å². The number of ether oxygens (including phenoxy) is 1. The van der Waals surface area contributed by atoms with E-state index in [1.54, 1.807) is 7.11 Å². The summed E-state index contributed by atoms with van der Waals surface area (Å²) in [5.74, 6) is -1.06. The zero-order valence-electron chi connectivity index (χ0n) is 22.2. The molecule has 11 nitrogen and oxygen atoms in total. The molecule has 210 valence electrons. The van der Waals surface area contributed by atoms with Crippen LogP contribution in [-0.2, 0) is 16.0 Å². The van der Waals surface area contributed by atoms with Gasteiger partial charge < -0.3 is 26.8 Å². The van der Waals surface area contributed by atoms with Gasteiger partial charge in [-0.05, 0) is 48.1 Å². The number of nitro groups is 1. The van der Waals surface area contributed by atoms with Gasteiger partial charge in [0.05, 0.1) is 24.2 Å². The molecule has 0 saturated carbocycles. The summed E-state index contributed by atoms with van der Waals surface area (Å²) in [7, 11) is 1.59. The highest BCUT2D eigenvalue weighted by Crippen LogP contribution is 2.25. The third-order valence-corrected chi connectivity index (χ3v) is 6.38. The van der Waals surface area contributed by atoms with Gasteiger partial charge in [-0.15, -0.1) is 0 Å². The summed E-state index contributed by atoms with van der Waals surface area (Å²) in [6, 6.07) is 24.1. The first-order valence-corrected chi connectivity index (χ1v) is 12.8. The lowest BCUT2D eigenvalue weighted by Crippen LogP contribution is -2.49. The fraction of sp³-hybridized carbons (Fsp3) is 0.276. The van der Waals surface area contributed by atoms with Crippen LogP contribution in [0.15, 0.2) is 90.0 Å². The van der Waals surface area contributed by atoms with E-state index in [2.05, 4.69) is 15.7 Å². The Labute approximate surface area is 232 Å². The SMILES string of the molecule is COc1ccc(CCNC(=O)[C@H](CCC(N)C(N)=N[N+](=O)[O-])NC(=O)C(c2ccccc2)c2ccccc2)cc1. The highest BCUT2D eigenvalue weighted by molar-refractivity contribution is 5.92. The van der Waals surface area contributed by atoms with Crippen LogP contribution in [0.2, 0.25) is 0 Å². The average Bonchev–Trinajstić information content (AvgIpc) is 2.96. The maximum Gasteiger partial charge on any atom is 0.242 e. The monoisotopic (exact) mass is 546 g/mol. The molecule has 6 N–H and O–H groups in total. The van der Waals surface area contributed by atoms with Gasteiger partial charge in [-0.1, -0.05) is 72.8 Å². The Morgan fingerprint density at radius 3 is 2.02 bits per heavy atom. The average molecular weight is 547 g/mol. The molecule has 0 bridgehead atoms. The summed E-state index contributed by atoms with van der Waals surface area (Å²) in [6.07, 6.45) is 0.738. The van der Waals surface area contributed by atoms with E-state index >= 15 is 0 Å². The fourth-order valence-corrected chi connectivity index (χ4v) is 4.22. The standard InChI is InChI=1S/C29H34N6O5/c1-40-23-14-12-20(13-15-23)18-19-32-28(36)25(17-16-24(30)27(31)34-35(38)39)33-29(37)26(21-8-4-2-5-9-21)22-10-6-3-7-11-22/h2-15,24-26H,16-19,30H2,1H3,(H2,31,34)(H,32,36)(H,33,37)/t24?,25-/m0/s1. The summed E-state index contributed by atoms with van der Waals surface area (Å²) in [6.45, 7) is 0.329. The molecule has 11 heteroatoms. The number of nitrogens with two attached hydrogens (primary N) is 2. The number of carbonyl (C=O) groups excluding carboxylic acids is 2. The minimum Gasteiger partial charge on any atom is -0.497 e. The highest BCUT2D eigenvalue weighted by atomic mass is 16.7. The van der Waals surface area contributed by atoms with Gasteiger partial charge in [-0.3, -0.25) is 9.59 Å². The van der Waals surface area contributed by atoms with Gasteiger partial charge in [-0.2, -0.15) is 0 Å². The van der Waals surface area contributed by atoms with Crippen LogP contribution in [0.5, 0.6) is 5.75 Å². The first-order valence-electron chi connectivity index (χ1n) is 12.8. The minimum absolute atomic E-state index is 0.0847. The molecule has 0 saturated heterocycles. The van der Waals surface area contributed by atoms with Gasteiger partial charge in [0.1, 0.15) is 11.8 Å². The molecule has 0 aliphatic carbocycles. The first-order chi connectivity index (χ1) is 19.3. The van der Waals surface area contributed by atoms with Crippen molar-refractivity contribution in [1.29, 1.82) is 0 Å². The number of hydrogen-bond acceptors (Lipinski definition) is 6. The number of amidine groups is 1. The third-order valence-electron chi connectivity index (χ3n) is 6.38. The number of nitrogens with one attached hydrogen (secondary N) is 2. The molecule has 0 aliphatic heterocycles. The van der Waals surface area contributed by atoms with Crippen LogP contribution in [0.3, 0.4) is 0 Å². The highest BCUT2D eigenvalue weighted by Gasteiger charge is 2.28. The quantitative estimate of drug-likeness (QED) is 0.104. The van der Waals surface area contributed by atoms with E-state index in [0.717, 1.165) is 22.4 Å². The van der Waals surface area contributed by atoms with Crippen LogP contribution in [0.1, 0.15) is 35.4 Å². The van der Waals surface area contributed by atoms with E-state index in [-0.39, 0.29) is 24.6 Å².